The van der Waals surface area contributed by atoms with Crippen LogP contribution < -0.4 is 5.32 Å². The lowest BCUT2D eigenvalue weighted by Crippen LogP contribution is -2.38. The number of hydrogen-bond donors (Lipinski definition) is 1. The Morgan fingerprint density at radius 3 is 2.38 bits per heavy atom. The highest BCUT2D eigenvalue weighted by Gasteiger charge is 2.27. The predicted octanol–water partition coefficient (Wildman–Crippen LogP) is 2.74. The lowest BCUT2D eigenvalue weighted by atomic mass is 9.82. The Kier molecular flexibility index (Phi) is 4.81. The fourth-order valence-electron chi connectivity index (χ4n) is 2.27. The number of hydrogen-bond acceptors (Lipinski definition) is 2. The molecule has 0 spiro atoms. The molecule has 1 aliphatic heterocycles. The first-order valence-corrected chi connectivity index (χ1v) is 6.77. The van der Waals surface area contributed by atoms with Crippen LogP contribution in [0, 0.1) is 11.3 Å². The van der Waals surface area contributed by atoms with Gasteiger partial charge in [0.25, 0.3) is 0 Å². The van der Waals surface area contributed by atoms with Crippen LogP contribution in [0.25, 0.3) is 0 Å². The number of likely N-dealkylation sites (tertiary alicyclic amines) is 1. The first-order chi connectivity index (χ1) is 7.29. The van der Waals surface area contributed by atoms with Crippen molar-refractivity contribution in [2.24, 2.45) is 11.3 Å². The van der Waals surface area contributed by atoms with Gasteiger partial charge in [-0.1, -0.05) is 41.5 Å². The Morgan fingerprint density at radius 1 is 1.25 bits per heavy atom. The van der Waals surface area contributed by atoms with Crippen molar-refractivity contribution in [3.05, 3.63) is 0 Å². The summed E-state index contributed by atoms with van der Waals surface area (Å²) in [5.41, 5.74) is 0.434. The molecule has 2 atom stereocenters. The summed E-state index contributed by atoms with van der Waals surface area (Å²) in [7, 11) is 0. The van der Waals surface area contributed by atoms with Gasteiger partial charge >= 0.3 is 0 Å². The van der Waals surface area contributed by atoms with Gasteiger partial charge in [-0.25, -0.2) is 0 Å². The van der Waals surface area contributed by atoms with Gasteiger partial charge in [0.15, 0.2) is 0 Å². The minimum Gasteiger partial charge on any atom is -0.310 e. The summed E-state index contributed by atoms with van der Waals surface area (Å²) in [5, 5.41) is 3.64. The summed E-state index contributed by atoms with van der Waals surface area (Å²) in [4.78, 5) is 2.62. The molecule has 96 valence electrons. The maximum Gasteiger partial charge on any atom is 0.0209 e. The van der Waals surface area contributed by atoms with Crippen molar-refractivity contribution in [2.75, 3.05) is 19.6 Å². The van der Waals surface area contributed by atoms with Gasteiger partial charge in [-0.2, -0.15) is 0 Å². The number of nitrogens with zero attached hydrogens (tertiary/aromatic N) is 1. The van der Waals surface area contributed by atoms with E-state index in [-0.39, 0.29) is 0 Å². The van der Waals surface area contributed by atoms with Crippen LogP contribution in [0.2, 0.25) is 0 Å². The average Bonchev–Trinajstić information content (AvgIpc) is 2.49. The van der Waals surface area contributed by atoms with E-state index >= 15 is 0 Å². The topological polar surface area (TPSA) is 15.3 Å². The Bertz CT molecular complexity index is 205. The van der Waals surface area contributed by atoms with Crippen molar-refractivity contribution in [3.63, 3.8) is 0 Å². The smallest absolute Gasteiger partial charge is 0.0209 e. The Morgan fingerprint density at radius 2 is 1.88 bits per heavy atom. The van der Waals surface area contributed by atoms with Crippen molar-refractivity contribution in [2.45, 2.75) is 60.0 Å². The third kappa shape index (κ3) is 4.42. The fraction of sp³-hybridized carbons (Fsp3) is 1.00. The zero-order valence-corrected chi connectivity index (χ0v) is 12.0. The van der Waals surface area contributed by atoms with Crippen molar-refractivity contribution in [3.8, 4) is 0 Å². The van der Waals surface area contributed by atoms with Crippen LogP contribution in [-0.2, 0) is 0 Å². The second-order valence-corrected chi connectivity index (χ2v) is 6.83. The van der Waals surface area contributed by atoms with Crippen LogP contribution in [0.4, 0.5) is 0 Å². The third-order valence-corrected chi connectivity index (χ3v) is 3.85. The van der Waals surface area contributed by atoms with Gasteiger partial charge < -0.3 is 10.2 Å². The summed E-state index contributed by atoms with van der Waals surface area (Å²) >= 11 is 0. The van der Waals surface area contributed by atoms with Crippen LogP contribution in [-0.4, -0.2) is 36.6 Å². The highest BCUT2D eigenvalue weighted by Crippen LogP contribution is 2.27. The zero-order valence-electron chi connectivity index (χ0n) is 12.0. The van der Waals surface area contributed by atoms with E-state index in [1.54, 1.807) is 0 Å². The van der Waals surface area contributed by atoms with Gasteiger partial charge in [0.2, 0.25) is 0 Å². The summed E-state index contributed by atoms with van der Waals surface area (Å²) < 4.78 is 0. The molecule has 0 bridgehead atoms. The Hall–Kier alpha value is -0.0800. The van der Waals surface area contributed by atoms with Gasteiger partial charge in [0.05, 0.1) is 0 Å². The molecule has 1 rings (SSSR count). The van der Waals surface area contributed by atoms with Crippen molar-refractivity contribution >= 4 is 0 Å². The molecule has 0 aromatic rings. The van der Waals surface area contributed by atoms with Crippen LogP contribution in [0.5, 0.6) is 0 Å². The van der Waals surface area contributed by atoms with E-state index in [1.807, 2.05) is 0 Å². The molecule has 1 saturated heterocycles. The van der Waals surface area contributed by atoms with Crippen molar-refractivity contribution in [1.82, 2.24) is 10.2 Å². The van der Waals surface area contributed by atoms with E-state index in [1.165, 1.54) is 26.1 Å². The molecule has 2 nitrogen and oxygen atoms in total. The van der Waals surface area contributed by atoms with E-state index in [0.717, 1.165) is 5.92 Å². The Balaban J connectivity index is 2.31. The summed E-state index contributed by atoms with van der Waals surface area (Å²) in [6.45, 7) is 17.6. The quantitative estimate of drug-likeness (QED) is 0.793. The van der Waals surface area contributed by atoms with Crippen LogP contribution in [0.3, 0.4) is 0 Å². The van der Waals surface area contributed by atoms with E-state index in [2.05, 4.69) is 51.8 Å². The molecule has 1 aliphatic rings. The lowest BCUT2D eigenvalue weighted by Gasteiger charge is -2.31. The highest BCUT2D eigenvalue weighted by molar-refractivity contribution is 4.84. The minimum atomic E-state index is 0.434. The first-order valence-electron chi connectivity index (χ1n) is 6.77. The predicted molar refractivity (Wildman–Crippen MR) is 71.7 cm³/mol. The SMILES string of the molecule is CC(C)NC1CCN(CC(C)C(C)(C)C)C1. The molecule has 0 aromatic carbocycles. The second-order valence-electron chi connectivity index (χ2n) is 6.83. The van der Waals surface area contributed by atoms with Crippen LogP contribution in [0.1, 0.15) is 48.0 Å². The minimum absolute atomic E-state index is 0.434. The molecular weight excluding hydrogens is 196 g/mol. The number of nitrogens with one attached hydrogen (secondary N) is 1. The normalized spacial score (nSPS) is 25.3. The molecule has 2 unspecified atom stereocenters. The summed E-state index contributed by atoms with van der Waals surface area (Å²) in [6.07, 6.45) is 1.31. The Labute approximate surface area is 102 Å². The van der Waals surface area contributed by atoms with Gasteiger partial charge in [-0.3, -0.25) is 0 Å². The highest BCUT2D eigenvalue weighted by atomic mass is 15.2. The molecular formula is C14H30N2. The lowest BCUT2D eigenvalue weighted by molar-refractivity contribution is 0.180. The van der Waals surface area contributed by atoms with Crippen molar-refractivity contribution in [1.29, 1.82) is 0 Å². The van der Waals surface area contributed by atoms with Gasteiger partial charge in [0.1, 0.15) is 0 Å². The van der Waals surface area contributed by atoms with Gasteiger partial charge in [-0.05, 0) is 24.3 Å². The standard InChI is InChI=1S/C14H30N2/c1-11(2)15-13-7-8-16(10-13)9-12(3)14(4,5)6/h11-13,15H,7-10H2,1-6H3. The van der Waals surface area contributed by atoms with E-state index in [9.17, 15) is 0 Å². The largest absolute Gasteiger partial charge is 0.310 e. The number of rotatable bonds is 4. The van der Waals surface area contributed by atoms with Crippen LogP contribution in [0.15, 0.2) is 0 Å². The molecule has 0 saturated carbocycles. The van der Waals surface area contributed by atoms with Crippen LogP contribution >= 0.6 is 0 Å². The maximum absolute atomic E-state index is 3.64. The molecule has 16 heavy (non-hydrogen) atoms. The first kappa shape index (κ1) is 14.0. The average molecular weight is 226 g/mol. The monoisotopic (exact) mass is 226 g/mol. The van der Waals surface area contributed by atoms with Crippen molar-refractivity contribution < 1.29 is 0 Å². The molecule has 1 heterocycles. The van der Waals surface area contributed by atoms with E-state index < -0.39 is 0 Å². The molecule has 1 N–H and O–H groups in total. The third-order valence-electron chi connectivity index (χ3n) is 3.85. The van der Waals surface area contributed by atoms with E-state index in [4.69, 9.17) is 0 Å². The summed E-state index contributed by atoms with van der Waals surface area (Å²) in [6, 6.07) is 1.33. The summed E-state index contributed by atoms with van der Waals surface area (Å²) in [5.74, 6) is 0.769. The molecule has 0 radical (unpaired) electrons. The second kappa shape index (κ2) is 5.50. The zero-order chi connectivity index (χ0) is 12.3. The maximum atomic E-state index is 3.64. The van der Waals surface area contributed by atoms with Gasteiger partial charge in [0, 0.05) is 25.2 Å². The molecule has 0 amide bonds. The van der Waals surface area contributed by atoms with E-state index in [0.29, 0.717) is 17.5 Å². The molecule has 2 heteroatoms. The van der Waals surface area contributed by atoms with Gasteiger partial charge in [-0.15, -0.1) is 0 Å². The molecule has 0 aliphatic carbocycles. The fourth-order valence-corrected chi connectivity index (χ4v) is 2.27. The molecule has 0 aromatic heterocycles. The molecule has 1 fully saturated rings.